The molecule has 3 nitrogen and oxygen atoms in total. The molecule has 2 aromatic rings. The van der Waals surface area contributed by atoms with Crippen LogP contribution in [0.15, 0.2) is 66.4 Å². The lowest BCUT2D eigenvalue weighted by atomic mass is 9.85. The van der Waals surface area contributed by atoms with E-state index in [0.29, 0.717) is 6.42 Å². The predicted molar refractivity (Wildman–Crippen MR) is 86.0 cm³/mol. The largest absolute Gasteiger partial charge is 0.399 e. The van der Waals surface area contributed by atoms with Gasteiger partial charge in [-0.15, -0.1) is 0 Å². The molecule has 0 unspecified atom stereocenters. The molecule has 0 saturated heterocycles. The molecule has 3 rings (SSSR count). The molecular weight excluding hydrogens is 260 g/mol. The highest BCUT2D eigenvalue weighted by Crippen LogP contribution is 2.31. The minimum Gasteiger partial charge on any atom is -0.399 e. The number of benzene rings is 2. The Kier molecular flexibility index (Phi) is 3.73. The van der Waals surface area contributed by atoms with Crippen molar-refractivity contribution in [2.45, 2.75) is 18.8 Å². The summed E-state index contributed by atoms with van der Waals surface area (Å²) in [6.07, 6.45) is 3.15. The standard InChI is InChI=1S/C18H18N2O/c19-15-6-8-16(9-7-15)20-17-10-14(11-18(21)12-17)13-4-2-1-3-5-13/h1-9,12,14,20H,10-11,19H2/t14-/m1/s1. The second kappa shape index (κ2) is 5.83. The van der Waals surface area contributed by atoms with Gasteiger partial charge in [0, 0.05) is 29.6 Å². The van der Waals surface area contributed by atoms with Crippen molar-refractivity contribution in [3.05, 3.63) is 71.9 Å². The lowest BCUT2D eigenvalue weighted by molar-refractivity contribution is -0.115. The second-order valence-corrected chi connectivity index (χ2v) is 5.40. The molecule has 1 atom stereocenters. The molecule has 0 saturated carbocycles. The lowest BCUT2D eigenvalue weighted by Gasteiger charge is -2.23. The van der Waals surface area contributed by atoms with E-state index in [4.69, 9.17) is 5.73 Å². The Morgan fingerprint density at radius 1 is 0.952 bits per heavy atom. The van der Waals surface area contributed by atoms with Crippen LogP contribution in [0.1, 0.15) is 24.3 Å². The molecule has 21 heavy (non-hydrogen) atoms. The Labute approximate surface area is 124 Å². The van der Waals surface area contributed by atoms with Crippen LogP contribution in [0.3, 0.4) is 0 Å². The number of carbonyl (C=O) groups is 1. The first-order valence-electron chi connectivity index (χ1n) is 7.11. The predicted octanol–water partition coefficient (Wildman–Crippen LogP) is 3.71. The summed E-state index contributed by atoms with van der Waals surface area (Å²) < 4.78 is 0. The number of ketones is 1. The second-order valence-electron chi connectivity index (χ2n) is 5.40. The summed E-state index contributed by atoms with van der Waals surface area (Å²) in [7, 11) is 0. The van der Waals surface area contributed by atoms with Crippen molar-refractivity contribution in [1.82, 2.24) is 0 Å². The van der Waals surface area contributed by atoms with Crippen molar-refractivity contribution in [2.75, 3.05) is 11.1 Å². The van der Waals surface area contributed by atoms with Gasteiger partial charge in [0.2, 0.25) is 0 Å². The quantitative estimate of drug-likeness (QED) is 0.841. The number of nitrogens with two attached hydrogens (primary N) is 1. The zero-order chi connectivity index (χ0) is 14.7. The van der Waals surface area contributed by atoms with Gasteiger partial charge in [-0.3, -0.25) is 4.79 Å². The van der Waals surface area contributed by atoms with Gasteiger partial charge >= 0.3 is 0 Å². The number of anilines is 2. The molecule has 0 fully saturated rings. The topological polar surface area (TPSA) is 55.1 Å². The summed E-state index contributed by atoms with van der Waals surface area (Å²) in [5.41, 5.74) is 9.55. The van der Waals surface area contributed by atoms with Crippen LogP contribution in [-0.4, -0.2) is 5.78 Å². The maximum Gasteiger partial charge on any atom is 0.158 e. The SMILES string of the molecule is Nc1ccc(NC2=CC(=O)C[C@H](c3ccccc3)C2)cc1. The number of carbonyl (C=O) groups excluding carboxylic acids is 1. The summed E-state index contributed by atoms with van der Waals surface area (Å²) in [4.78, 5) is 12.0. The highest BCUT2D eigenvalue weighted by Gasteiger charge is 2.22. The molecule has 0 heterocycles. The van der Waals surface area contributed by atoms with Crippen LogP contribution < -0.4 is 11.1 Å². The third-order valence-corrected chi connectivity index (χ3v) is 3.74. The molecule has 0 amide bonds. The maximum absolute atomic E-state index is 12.0. The summed E-state index contributed by atoms with van der Waals surface area (Å²) >= 11 is 0. The molecule has 0 bridgehead atoms. The number of nitrogen functional groups attached to an aromatic ring is 1. The van der Waals surface area contributed by atoms with Crippen molar-refractivity contribution in [1.29, 1.82) is 0 Å². The molecule has 1 aliphatic rings. The molecule has 0 aromatic heterocycles. The molecule has 0 aliphatic heterocycles. The minimum absolute atomic E-state index is 0.174. The van der Waals surface area contributed by atoms with Gasteiger partial charge in [-0.05, 0) is 42.2 Å². The third-order valence-electron chi connectivity index (χ3n) is 3.74. The van der Waals surface area contributed by atoms with Crippen molar-refractivity contribution in [2.24, 2.45) is 0 Å². The molecule has 3 heteroatoms. The fourth-order valence-electron chi connectivity index (χ4n) is 2.69. The van der Waals surface area contributed by atoms with Crippen molar-refractivity contribution in [3.63, 3.8) is 0 Å². The van der Waals surface area contributed by atoms with Crippen LogP contribution in [-0.2, 0) is 4.79 Å². The van der Waals surface area contributed by atoms with Crippen LogP contribution >= 0.6 is 0 Å². The van der Waals surface area contributed by atoms with Gasteiger partial charge in [-0.2, -0.15) is 0 Å². The lowest BCUT2D eigenvalue weighted by Crippen LogP contribution is -2.16. The Bertz CT molecular complexity index is 659. The zero-order valence-electron chi connectivity index (χ0n) is 11.8. The van der Waals surface area contributed by atoms with E-state index >= 15 is 0 Å². The van der Waals surface area contributed by atoms with Gasteiger partial charge in [-0.1, -0.05) is 30.3 Å². The summed E-state index contributed by atoms with van der Waals surface area (Å²) in [6, 6.07) is 17.8. The van der Waals surface area contributed by atoms with Gasteiger partial charge in [0.15, 0.2) is 5.78 Å². The number of rotatable bonds is 3. The van der Waals surface area contributed by atoms with E-state index in [1.165, 1.54) is 5.56 Å². The Balaban J connectivity index is 1.76. The van der Waals surface area contributed by atoms with E-state index in [1.807, 2.05) is 42.5 Å². The highest BCUT2D eigenvalue weighted by atomic mass is 16.1. The van der Waals surface area contributed by atoms with E-state index in [1.54, 1.807) is 6.08 Å². The summed E-state index contributed by atoms with van der Waals surface area (Å²) in [6.45, 7) is 0. The third kappa shape index (κ3) is 3.31. The van der Waals surface area contributed by atoms with E-state index < -0.39 is 0 Å². The Morgan fingerprint density at radius 2 is 1.67 bits per heavy atom. The molecule has 0 spiro atoms. The highest BCUT2D eigenvalue weighted by molar-refractivity contribution is 5.92. The Morgan fingerprint density at radius 3 is 2.38 bits per heavy atom. The molecule has 1 aliphatic carbocycles. The fraction of sp³-hybridized carbons (Fsp3) is 0.167. The molecule has 3 N–H and O–H groups in total. The number of nitrogens with one attached hydrogen (secondary N) is 1. The fourth-order valence-corrected chi connectivity index (χ4v) is 2.69. The van der Waals surface area contributed by atoms with Crippen LogP contribution in [0.4, 0.5) is 11.4 Å². The van der Waals surface area contributed by atoms with E-state index in [-0.39, 0.29) is 11.7 Å². The zero-order valence-corrected chi connectivity index (χ0v) is 11.8. The van der Waals surface area contributed by atoms with Crippen molar-refractivity contribution >= 4 is 17.2 Å². The van der Waals surface area contributed by atoms with E-state index in [9.17, 15) is 4.79 Å². The van der Waals surface area contributed by atoms with Crippen molar-refractivity contribution < 1.29 is 4.79 Å². The summed E-state index contributed by atoms with van der Waals surface area (Å²) in [5, 5.41) is 3.32. The van der Waals surface area contributed by atoms with Crippen LogP contribution in [0.2, 0.25) is 0 Å². The number of hydrogen-bond acceptors (Lipinski definition) is 3. The van der Waals surface area contributed by atoms with Crippen molar-refractivity contribution in [3.8, 4) is 0 Å². The van der Waals surface area contributed by atoms with Gasteiger partial charge in [0.05, 0.1) is 0 Å². The molecule has 106 valence electrons. The molecule has 0 radical (unpaired) electrons. The van der Waals surface area contributed by atoms with E-state index in [2.05, 4.69) is 17.4 Å². The first kappa shape index (κ1) is 13.4. The van der Waals surface area contributed by atoms with E-state index in [0.717, 1.165) is 23.5 Å². The average molecular weight is 278 g/mol. The molecule has 2 aromatic carbocycles. The van der Waals surface area contributed by atoms with Gasteiger partial charge in [0.1, 0.15) is 0 Å². The monoisotopic (exact) mass is 278 g/mol. The summed E-state index contributed by atoms with van der Waals surface area (Å²) in [5.74, 6) is 0.424. The average Bonchev–Trinajstić information content (AvgIpc) is 2.50. The van der Waals surface area contributed by atoms with Gasteiger partial charge in [0.25, 0.3) is 0 Å². The van der Waals surface area contributed by atoms with Crippen LogP contribution in [0, 0.1) is 0 Å². The minimum atomic E-state index is 0.174. The number of hydrogen-bond donors (Lipinski definition) is 2. The first-order chi connectivity index (χ1) is 10.2. The molecular formula is C18H18N2O. The number of allylic oxidation sites excluding steroid dienone is 2. The van der Waals surface area contributed by atoms with Crippen LogP contribution in [0.25, 0.3) is 0 Å². The normalized spacial score (nSPS) is 18.2. The van der Waals surface area contributed by atoms with Gasteiger partial charge in [-0.25, -0.2) is 0 Å². The maximum atomic E-state index is 12.0. The Hall–Kier alpha value is -2.55. The van der Waals surface area contributed by atoms with Gasteiger partial charge < -0.3 is 11.1 Å². The van der Waals surface area contributed by atoms with Crippen LogP contribution in [0.5, 0.6) is 0 Å². The smallest absolute Gasteiger partial charge is 0.158 e. The first-order valence-corrected chi connectivity index (χ1v) is 7.11.